The van der Waals surface area contributed by atoms with Gasteiger partial charge in [0.05, 0.1) is 17.5 Å². The van der Waals surface area contributed by atoms with Gasteiger partial charge in [-0.3, -0.25) is 9.59 Å². The van der Waals surface area contributed by atoms with Crippen LogP contribution in [0.4, 0.5) is 21.6 Å². The molecule has 0 unspecified atom stereocenters. The summed E-state index contributed by atoms with van der Waals surface area (Å²) in [6, 6.07) is 9.76. The molecular formula is C26H30FN5O4. The van der Waals surface area contributed by atoms with Gasteiger partial charge in [0.2, 0.25) is 11.8 Å². The Morgan fingerprint density at radius 2 is 1.78 bits per heavy atom. The topological polar surface area (TPSA) is 114 Å². The van der Waals surface area contributed by atoms with Crippen LogP contribution in [0.25, 0.3) is 10.9 Å². The van der Waals surface area contributed by atoms with Gasteiger partial charge in [-0.05, 0) is 43.0 Å². The number of amides is 2. The molecule has 10 heteroatoms. The first kappa shape index (κ1) is 25.3. The minimum Gasteiger partial charge on any atom is -0.491 e. The lowest BCUT2D eigenvalue weighted by Crippen LogP contribution is -2.42. The molecule has 1 aromatic heterocycles. The molecular weight excluding hydrogens is 465 g/mol. The van der Waals surface area contributed by atoms with E-state index >= 15 is 0 Å². The van der Waals surface area contributed by atoms with E-state index in [1.54, 1.807) is 37.4 Å². The summed E-state index contributed by atoms with van der Waals surface area (Å²) in [6.45, 7) is 4.82. The van der Waals surface area contributed by atoms with Crippen molar-refractivity contribution in [3.63, 3.8) is 0 Å². The van der Waals surface area contributed by atoms with Crippen LogP contribution in [-0.4, -0.2) is 47.6 Å². The first-order valence-corrected chi connectivity index (χ1v) is 11.8. The lowest BCUT2D eigenvalue weighted by molar-refractivity contribution is -0.127. The average molecular weight is 496 g/mol. The second-order valence-electron chi connectivity index (χ2n) is 9.15. The Bertz CT molecular complexity index is 1250. The Kier molecular flexibility index (Phi) is 7.64. The summed E-state index contributed by atoms with van der Waals surface area (Å²) in [5.41, 5.74) is 1.42. The molecule has 2 aromatic carbocycles. The molecule has 0 spiro atoms. The molecule has 3 N–H and O–H groups in total. The smallest absolute Gasteiger partial charge is 0.233 e. The molecule has 1 fully saturated rings. The van der Waals surface area contributed by atoms with E-state index in [-0.39, 0.29) is 29.2 Å². The van der Waals surface area contributed by atoms with Crippen LogP contribution in [0.5, 0.6) is 5.75 Å². The second kappa shape index (κ2) is 10.9. The van der Waals surface area contributed by atoms with Crippen molar-refractivity contribution in [1.82, 2.24) is 15.3 Å². The highest BCUT2D eigenvalue weighted by Gasteiger charge is 2.46. The molecule has 9 nitrogen and oxygen atoms in total. The maximum absolute atomic E-state index is 14.9. The first-order chi connectivity index (χ1) is 17.3. The molecule has 36 heavy (non-hydrogen) atoms. The van der Waals surface area contributed by atoms with Gasteiger partial charge >= 0.3 is 0 Å². The van der Waals surface area contributed by atoms with Crippen LogP contribution >= 0.6 is 0 Å². The number of carbonyl (C=O) groups excluding carboxylic acids is 2. The third kappa shape index (κ3) is 6.06. The number of carbonyl (C=O) groups is 2. The number of nitrogens with one attached hydrogen (secondary N) is 3. The summed E-state index contributed by atoms with van der Waals surface area (Å²) >= 11 is 0. The number of hydrogen-bond donors (Lipinski definition) is 3. The van der Waals surface area contributed by atoms with Gasteiger partial charge in [-0.1, -0.05) is 13.8 Å². The summed E-state index contributed by atoms with van der Waals surface area (Å²) in [5.74, 6) is -0.195. The van der Waals surface area contributed by atoms with Crippen LogP contribution in [0.15, 0.2) is 42.7 Å². The maximum atomic E-state index is 14.9. The number of hydrogen-bond acceptors (Lipinski definition) is 7. The molecule has 190 valence electrons. The summed E-state index contributed by atoms with van der Waals surface area (Å²) in [4.78, 5) is 32.9. The Morgan fingerprint density at radius 3 is 2.44 bits per heavy atom. The summed E-state index contributed by atoms with van der Waals surface area (Å²) in [6.07, 6.45) is 2.99. The Labute approximate surface area is 208 Å². The SMILES string of the molecule is COCCOc1cc(F)c2c(Nc3ccc(NC(=O)CC(=O)NC4(C(C)C)CC4)cc3)ncnc2c1. The Morgan fingerprint density at radius 1 is 1.06 bits per heavy atom. The molecule has 0 saturated heterocycles. The molecule has 0 radical (unpaired) electrons. The molecule has 4 rings (SSSR count). The molecule has 0 atom stereocenters. The van der Waals surface area contributed by atoms with Gasteiger partial charge in [-0.2, -0.15) is 0 Å². The number of rotatable bonds is 11. The molecule has 1 saturated carbocycles. The van der Waals surface area contributed by atoms with Crippen LogP contribution in [0.3, 0.4) is 0 Å². The average Bonchev–Trinajstić information content (AvgIpc) is 3.61. The number of benzene rings is 2. The van der Waals surface area contributed by atoms with Crippen molar-refractivity contribution in [3.05, 3.63) is 48.5 Å². The number of nitrogens with zero attached hydrogens (tertiary/aromatic N) is 2. The van der Waals surface area contributed by atoms with Gasteiger partial charge in [0.1, 0.15) is 36.7 Å². The largest absolute Gasteiger partial charge is 0.491 e. The number of fused-ring (bicyclic) bond motifs is 1. The van der Waals surface area contributed by atoms with Crippen LogP contribution in [0.2, 0.25) is 0 Å². The van der Waals surface area contributed by atoms with E-state index in [4.69, 9.17) is 9.47 Å². The number of halogens is 1. The van der Waals surface area contributed by atoms with E-state index in [1.807, 2.05) is 0 Å². The van der Waals surface area contributed by atoms with Gasteiger partial charge in [0.25, 0.3) is 0 Å². The predicted octanol–water partition coefficient (Wildman–Crippen LogP) is 4.17. The highest BCUT2D eigenvalue weighted by molar-refractivity contribution is 6.04. The number of methoxy groups -OCH3 is 1. The summed E-state index contributed by atoms with van der Waals surface area (Å²) in [7, 11) is 1.56. The zero-order valence-electron chi connectivity index (χ0n) is 20.6. The van der Waals surface area contributed by atoms with E-state index in [0.717, 1.165) is 12.8 Å². The molecule has 2 amide bonds. The third-order valence-electron chi connectivity index (χ3n) is 6.25. The zero-order valence-corrected chi connectivity index (χ0v) is 20.6. The first-order valence-electron chi connectivity index (χ1n) is 11.8. The summed E-state index contributed by atoms with van der Waals surface area (Å²) in [5, 5.41) is 9.04. The van der Waals surface area contributed by atoms with Crippen molar-refractivity contribution in [2.75, 3.05) is 31.0 Å². The summed E-state index contributed by atoms with van der Waals surface area (Å²) < 4.78 is 25.3. The molecule has 0 bridgehead atoms. The van der Waals surface area contributed by atoms with E-state index in [9.17, 15) is 14.0 Å². The van der Waals surface area contributed by atoms with Crippen molar-refractivity contribution < 1.29 is 23.5 Å². The second-order valence-corrected chi connectivity index (χ2v) is 9.15. The normalized spacial score (nSPS) is 13.9. The van der Waals surface area contributed by atoms with Gasteiger partial charge in [-0.15, -0.1) is 0 Å². The van der Waals surface area contributed by atoms with Crippen LogP contribution < -0.4 is 20.7 Å². The van der Waals surface area contributed by atoms with Crippen molar-refractivity contribution in [2.45, 2.75) is 38.6 Å². The Balaban J connectivity index is 1.37. The lowest BCUT2D eigenvalue weighted by Gasteiger charge is -2.21. The van der Waals surface area contributed by atoms with E-state index < -0.39 is 5.82 Å². The van der Waals surface area contributed by atoms with Crippen LogP contribution in [-0.2, 0) is 14.3 Å². The third-order valence-corrected chi connectivity index (χ3v) is 6.25. The van der Waals surface area contributed by atoms with Crippen LogP contribution in [0.1, 0.15) is 33.1 Å². The molecule has 0 aliphatic heterocycles. The molecule has 1 heterocycles. The predicted molar refractivity (Wildman–Crippen MR) is 135 cm³/mol. The van der Waals surface area contributed by atoms with Crippen molar-refractivity contribution in [2.24, 2.45) is 5.92 Å². The van der Waals surface area contributed by atoms with E-state index in [1.165, 1.54) is 12.4 Å². The quantitative estimate of drug-likeness (QED) is 0.270. The van der Waals surface area contributed by atoms with E-state index in [0.29, 0.717) is 47.6 Å². The van der Waals surface area contributed by atoms with Crippen molar-refractivity contribution in [3.8, 4) is 5.75 Å². The fraction of sp³-hybridized carbons (Fsp3) is 0.385. The van der Waals surface area contributed by atoms with Crippen molar-refractivity contribution in [1.29, 1.82) is 0 Å². The van der Waals surface area contributed by atoms with Crippen molar-refractivity contribution >= 4 is 39.9 Å². The lowest BCUT2D eigenvalue weighted by atomic mass is 10.0. The maximum Gasteiger partial charge on any atom is 0.233 e. The van der Waals surface area contributed by atoms with Gasteiger partial charge in [0.15, 0.2) is 0 Å². The van der Waals surface area contributed by atoms with Gasteiger partial charge in [-0.25, -0.2) is 14.4 Å². The van der Waals surface area contributed by atoms with Crippen LogP contribution in [0, 0.1) is 11.7 Å². The Hall–Kier alpha value is -3.79. The fourth-order valence-corrected chi connectivity index (χ4v) is 3.97. The van der Waals surface area contributed by atoms with Gasteiger partial charge < -0.3 is 25.4 Å². The zero-order chi connectivity index (χ0) is 25.7. The fourth-order valence-electron chi connectivity index (χ4n) is 3.97. The number of aromatic nitrogens is 2. The monoisotopic (exact) mass is 495 g/mol. The van der Waals surface area contributed by atoms with E-state index in [2.05, 4.69) is 39.8 Å². The minimum atomic E-state index is -0.518. The molecule has 1 aliphatic carbocycles. The molecule has 1 aliphatic rings. The standard InChI is InChI=1S/C26H30FN5O4/c1-16(2)26(8-9-26)32-23(34)14-22(33)30-17-4-6-18(7-5-17)31-25-24-20(27)12-19(36-11-10-35-3)13-21(24)28-15-29-25/h4-7,12-13,15-16H,8-11,14H2,1-3H3,(H,30,33)(H,32,34)(H,28,29,31). The minimum absolute atomic E-state index is 0.159. The van der Waals surface area contributed by atoms with Gasteiger partial charge in [0, 0.05) is 36.2 Å². The molecule has 3 aromatic rings. The highest BCUT2D eigenvalue weighted by Crippen LogP contribution is 2.42. The number of anilines is 3. The number of ether oxygens (including phenoxy) is 2. The highest BCUT2D eigenvalue weighted by atomic mass is 19.1.